The summed E-state index contributed by atoms with van der Waals surface area (Å²) in [7, 11) is 1.56. The molecule has 0 aromatic rings. The Labute approximate surface area is 119 Å². The second kappa shape index (κ2) is 6.54. The normalized spacial score (nSPS) is 34.2. The molecule has 3 N–H and O–H groups in total. The van der Waals surface area contributed by atoms with E-state index in [1.807, 2.05) is 0 Å². The van der Waals surface area contributed by atoms with E-state index in [-0.39, 0.29) is 17.9 Å². The number of carbonyl (C=O) groups excluding carboxylic acids is 1. The number of methoxy groups -OCH3 is 1. The monoisotopic (exact) mass is 284 g/mol. The van der Waals surface area contributed by atoms with Gasteiger partial charge in [0, 0.05) is 26.0 Å². The number of carbonyl (C=O) groups is 2. The number of amides is 1. The number of hydrogen-bond acceptors (Lipinski definition) is 4. The highest BCUT2D eigenvalue weighted by atomic mass is 16.5. The molecule has 0 bridgehead atoms. The number of aliphatic carboxylic acids is 1. The van der Waals surface area contributed by atoms with E-state index < -0.39 is 12.0 Å². The Kier molecular flexibility index (Phi) is 4.99. The fraction of sp³-hybridized carbons (Fsp3) is 0.857. The molecule has 20 heavy (non-hydrogen) atoms. The molecule has 0 radical (unpaired) electrons. The molecule has 1 amide bonds. The average Bonchev–Trinajstić information content (AvgIpc) is 2.91. The van der Waals surface area contributed by atoms with Crippen molar-refractivity contribution in [2.24, 2.45) is 17.6 Å². The first-order chi connectivity index (χ1) is 9.56. The van der Waals surface area contributed by atoms with Crippen LogP contribution in [0.4, 0.5) is 0 Å². The van der Waals surface area contributed by atoms with Crippen molar-refractivity contribution in [3.8, 4) is 0 Å². The van der Waals surface area contributed by atoms with Crippen LogP contribution in [0.3, 0.4) is 0 Å². The van der Waals surface area contributed by atoms with E-state index in [1.165, 1.54) is 4.90 Å². The minimum absolute atomic E-state index is 0.0209. The Balaban J connectivity index is 1.99. The second-order valence-electron chi connectivity index (χ2n) is 5.89. The highest BCUT2D eigenvalue weighted by Gasteiger charge is 2.42. The van der Waals surface area contributed by atoms with Gasteiger partial charge in [-0.15, -0.1) is 0 Å². The van der Waals surface area contributed by atoms with E-state index in [0.29, 0.717) is 25.4 Å². The van der Waals surface area contributed by atoms with Crippen LogP contribution in [0.25, 0.3) is 0 Å². The van der Waals surface area contributed by atoms with Gasteiger partial charge in [0.15, 0.2) is 0 Å². The first-order valence-corrected chi connectivity index (χ1v) is 7.33. The predicted molar refractivity (Wildman–Crippen MR) is 73.1 cm³/mol. The Morgan fingerprint density at radius 2 is 1.95 bits per heavy atom. The van der Waals surface area contributed by atoms with E-state index in [9.17, 15) is 14.7 Å². The van der Waals surface area contributed by atoms with Crippen LogP contribution in [0.1, 0.15) is 32.1 Å². The number of likely N-dealkylation sites (tertiary alicyclic amines) is 1. The molecule has 2 fully saturated rings. The van der Waals surface area contributed by atoms with Gasteiger partial charge < -0.3 is 20.5 Å². The molecule has 1 saturated heterocycles. The highest BCUT2D eigenvalue weighted by molar-refractivity contribution is 5.86. The van der Waals surface area contributed by atoms with Crippen LogP contribution in [0.5, 0.6) is 0 Å². The average molecular weight is 284 g/mol. The van der Waals surface area contributed by atoms with Crippen LogP contribution in [-0.2, 0) is 14.3 Å². The van der Waals surface area contributed by atoms with Gasteiger partial charge in [-0.3, -0.25) is 4.79 Å². The van der Waals surface area contributed by atoms with E-state index in [1.54, 1.807) is 7.11 Å². The summed E-state index contributed by atoms with van der Waals surface area (Å²) in [6, 6.07) is -0.736. The fourth-order valence-electron chi connectivity index (χ4n) is 3.33. The summed E-state index contributed by atoms with van der Waals surface area (Å²) in [6.45, 7) is 1.07. The van der Waals surface area contributed by atoms with Gasteiger partial charge in [-0.1, -0.05) is 0 Å². The zero-order valence-electron chi connectivity index (χ0n) is 12.0. The summed E-state index contributed by atoms with van der Waals surface area (Å²) in [5, 5.41) is 9.26. The zero-order chi connectivity index (χ0) is 14.7. The maximum atomic E-state index is 12.5. The summed E-state index contributed by atoms with van der Waals surface area (Å²) in [4.78, 5) is 25.3. The summed E-state index contributed by atoms with van der Waals surface area (Å²) in [5.41, 5.74) is 5.66. The highest BCUT2D eigenvalue weighted by Crippen LogP contribution is 2.32. The third-order valence-corrected chi connectivity index (χ3v) is 4.69. The molecule has 1 heterocycles. The van der Waals surface area contributed by atoms with Gasteiger partial charge in [0.1, 0.15) is 6.04 Å². The predicted octanol–water partition coefficient (Wildman–Crippen LogP) is 0.452. The van der Waals surface area contributed by atoms with E-state index in [2.05, 4.69) is 0 Å². The smallest absolute Gasteiger partial charge is 0.326 e. The maximum absolute atomic E-state index is 12.5. The van der Waals surface area contributed by atoms with Crippen LogP contribution in [0, 0.1) is 11.8 Å². The van der Waals surface area contributed by atoms with Gasteiger partial charge in [0.25, 0.3) is 0 Å². The molecule has 2 rings (SSSR count). The third kappa shape index (κ3) is 3.12. The lowest BCUT2D eigenvalue weighted by Gasteiger charge is -2.31. The van der Waals surface area contributed by atoms with E-state index in [4.69, 9.17) is 10.5 Å². The Bertz CT molecular complexity index is 366. The van der Waals surface area contributed by atoms with Crippen molar-refractivity contribution in [3.05, 3.63) is 0 Å². The number of rotatable bonds is 4. The van der Waals surface area contributed by atoms with Crippen LogP contribution < -0.4 is 5.73 Å². The van der Waals surface area contributed by atoms with Gasteiger partial charge in [0.05, 0.1) is 6.10 Å². The maximum Gasteiger partial charge on any atom is 0.326 e. The van der Waals surface area contributed by atoms with Crippen molar-refractivity contribution in [1.82, 2.24) is 4.90 Å². The number of hydrogen-bond donors (Lipinski definition) is 2. The lowest BCUT2D eigenvalue weighted by atomic mass is 9.81. The van der Waals surface area contributed by atoms with Crippen molar-refractivity contribution < 1.29 is 19.4 Å². The van der Waals surface area contributed by atoms with E-state index in [0.717, 1.165) is 25.7 Å². The summed E-state index contributed by atoms with van der Waals surface area (Å²) in [5.74, 6) is -0.490. The lowest BCUT2D eigenvalue weighted by Crippen LogP contribution is -2.44. The van der Waals surface area contributed by atoms with Crippen molar-refractivity contribution in [2.75, 3.05) is 20.2 Å². The second-order valence-corrected chi connectivity index (χ2v) is 5.89. The number of nitrogens with two attached hydrogens (primary N) is 1. The standard InChI is InChI=1S/C14H24N2O4/c1-20-11-6-12(14(18)19)16(8-11)13(17)10-4-2-9(7-15)3-5-10/h9-12H,2-8,15H2,1H3,(H,18,19). The van der Waals surface area contributed by atoms with Crippen molar-refractivity contribution in [3.63, 3.8) is 0 Å². The Morgan fingerprint density at radius 1 is 1.30 bits per heavy atom. The zero-order valence-corrected chi connectivity index (χ0v) is 12.0. The van der Waals surface area contributed by atoms with Crippen LogP contribution in [0.15, 0.2) is 0 Å². The molecule has 2 aliphatic rings. The van der Waals surface area contributed by atoms with Crippen LogP contribution in [-0.4, -0.2) is 54.2 Å². The van der Waals surface area contributed by atoms with Crippen LogP contribution in [0.2, 0.25) is 0 Å². The SMILES string of the molecule is COC1CC(C(=O)O)N(C(=O)C2CCC(CN)CC2)C1. The molecular formula is C14H24N2O4. The summed E-state index contributed by atoms with van der Waals surface area (Å²) in [6.07, 6.45) is 3.79. The van der Waals surface area contributed by atoms with Crippen molar-refractivity contribution >= 4 is 11.9 Å². The summed E-state index contributed by atoms with van der Waals surface area (Å²) < 4.78 is 5.22. The number of carboxylic acid groups (broad SMARTS) is 1. The molecule has 6 heteroatoms. The first-order valence-electron chi connectivity index (χ1n) is 7.33. The molecule has 114 valence electrons. The third-order valence-electron chi connectivity index (χ3n) is 4.69. The minimum atomic E-state index is -0.937. The molecule has 0 aromatic heterocycles. The molecule has 1 saturated carbocycles. The summed E-state index contributed by atoms with van der Waals surface area (Å²) >= 11 is 0. The molecular weight excluding hydrogens is 260 g/mol. The number of ether oxygens (including phenoxy) is 1. The number of carboxylic acids is 1. The number of nitrogens with zero attached hydrogens (tertiary/aromatic N) is 1. The van der Waals surface area contributed by atoms with E-state index >= 15 is 0 Å². The molecule has 2 unspecified atom stereocenters. The van der Waals surface area contributed by atoms with Crippen molar-refractivity contribution in [1.29, 1.82) is 0 Å². The Morgan fingerprint density at radius 3 is 2.45 bits per heavy atom. The van der Waals surface area contributed by atoms with Gasteiger partial charge >= 0.3 is 5.97 Å². The molecule has 2 atom stereocenters. The fourth-order valence-corrected chi connectivity index (χ4v) is 3.33. The first kappa shape index (κ1) is 15.3. The molecule has 1 aliphatic heterocycles. The lowest BCUT2D eigenvalue weighted by molar-refractivity contribution is -0.150. The van der Waals surface area contributed by atoms with Gasteiger partial charge in [-0.05, 0) is 38.1 Å². The molecule has 6 nitrogen and oxygen atoms in total. The Hall–Kier alpha value is -1.14. The van der Waals surface area contributed by atoms with Gasteiger partial charge in [-0.25, -0.2) is 4.79 Å². The largest absolute Gasteiger partial charge is 0.480 e. The molecule has 0 spiro atoms. The van der Waals surface area contributed by atoms with Gasteiger partial charge in [0.2, 0.25) is 5.91 Å². The molecule has 0 aromatic carbocycles. The topological polar surface area (TPSA) is 92.9 Å². The molecule has 1 aliphatic carbocycles. The van der Waals surface area contributed by atoms with Crippen LogP contribution >= 0.6 is 0 Å². The quantitative estimate of drug-likeness (QED) is 0.782. The van der Waals surface area contributed by atoms with Gasteiger partial charge in [-0.2, -0.15) is 0 Å². The van der Waals surface area contributed by atoms with Crippen molar-refractivity contribution in [2.45, 2.75) is 44.2 Å². The minimum Gasteiger partial charge on any atom is -0.480 e.